The van der Waals surface area contributed by atoms with Gasteiger partial charge in [-0.2, -0.15) is 0 Å². The van der Waals surface area contributed by atoms with Gasteiger partial charge in [-0.15, -0.1) is 0 Å². The molecule has 2 amide bonds. The Hall–Kier alpha value is -2.78. The third-order valence-electron chi connectivity index (χ3n) is 6.03. The van der Waals surface area contributed by atoms with E-state index in [4.69, 9.17) is 16.3 Å². The van der Waals surface area contributed by atoms with E-state index in [0.29, 0.717) is 28.4 Å². The number of methoxy groups -OCH3 is 1. The van der Waals surface area contributed by atoms with Gasteiger partial charge in [0, 0.05) is 30.1 Å². The number of sulfonamides is 1. The molecule has 0 heterocycles. The fourth-order valence-electron chi connectivity index (χ4n) is 4.19. The summed E-state index contributed by atoms with van der Waals surface area (Å²) in [6.45, 7) is 9.62. The Morgan fingerprint density at radius 1 is 1.13 bits per heavy atom. The van der Waals surface area contributed by atoms with E-state index in [-0.39, 0.29) is 37.7 Å². The maximum Gasteiger partial charge on any atom is 0.243 e. The highest BCUT2D eigenvalue weighted by Crippen LogP contribution is 2.28. The lowest BCUT2D eigenvalue weighted by atomic mass is 10.0. The van der Waals surface area contributed by atoms with Crippen molar-refractivity contribution in [1.29, 1.82) is 0 Å². The van der Waals surface area contributed by atoms with E-state index in [1.165, 1.54) is 4.31 Å². The highest BCUT2D eigenvalue weighted by atomic mass is 35.5. The number of rotatable bonds is 12. The van der Waals surface area contributed by atoms with Gasteiger partial charge >= 0.3 is 0 Å². The number of hydrogen-bond donors (Lipinski definition) is 1. The Morgan fingerprint density at radius 3 is 2.37 bits per heavy atom. The van der Waals surface area contributed by atoms with Crippen LogP contribution in [-0.4, -0.2) is 56.6 Å². The van der Waals surface area contributed by atoms with Crippen LogP contribution in [0.15, 0.2) is 42.5 Å². The molecule has 0 aliphatic rings. The van der Waals surface area contributed by atoms with Crippen molar-refractivity contribution in [2.45, 2.75) is 72.0 Å². The second-order valence-electron chi connectivity index (χ2n) is 10.4. The lowest BCUT2D eigenvalue weighted by molar-refractivity contribution is -0.142. The normalized spacial score (nSPS) is 12.5. The van der Waals surface area contributed by atoms with Crippen molar-refractivity contribution in [2.75, 3.05) is 24.2 Å². The average Bonchev–Trinajstić information content (AvgIpc) is 2.82. The molecule has 10 heteroatoms. The summed E-state index contributed by atoms with van der Waals surface area (Å²) < 4.78 is 31.8. The summed E-state index contributed by atoms with van der Waals surface area (Å²) in [7, 11) is -2.04. The summed E-state index contributed by atoms with van der Waals surface area (Å²) in [6.07, 6.45) is 1.89. The predicted octanol–water partition coefficient (Wildman–Crippen LogP) is 4.93. The Balaban J connectivity index is 2.29. The number of carbonyl (C=O) groups is 2. The second-order valence-corrected chi connectivity index (χ2v) is 12.7. The quantitative estimate of drug-likeness (QED) is 0.394. The van der Waals surface area contributed by atoms with E-state index in [1.54, 1.807) is 37.1 Å². The molecule has 0 bridgehead atoms. The number of nitrogens with one attached hydrogen (secondary N) is 1. The molecule has 0 radical (unpaired) electrons. The molecule has 38 heavy (non-hydrogen) atoms. The zero-order valence-electron chi connectivity index (χ0n) is 23.4. The molecule has 2 aromatic rings. The molecule has 0 aromatic heterocycles. The van der Waals surface area contributed by atoms with Crippen LogP contribution >= 0.6 is 11.6 Å². The Labute approximate surface area is 232 Å². The summed E-state index contributed by atoms with van der Waals surface area (Å²) in [5, 5.41) is 3.45. The Kier molecular flexibility index (Phi) is 11.0. The van der Waals surface area contributed by atoms with Gasteiger partial charge < -0.3 is 15.0 Å². The monoisotopic (exact) mass is 565 g/mol. The number of carbonyl (C=O) groups excluding carboxylic acids is 2. The van der Waals surface area contributed by atoms with Gasteiger partial charge in [-0.05, 0) is 75.9 Å². The van der Waals surface area contributed by atoms with Crippen molar-refractivity contribution in [3.05, 3.63) is 58.6 Å². The molecule has 2 aromatic carbocycles. The number of nitrogens with zero attached hydrogens (tertiary/aromatic N) is 2. The second kappa shape index (κ2) is 13.3. The molecule has 1 N–H and O–H groups in total. The third kappa shape index (κ3) is 8.91. The first-order chi connectivity index (χ1) is 17.7. The van der Waals surface area contributed by atoms with Crippen LogP contribution in [0.25, 0.3) is 0 Å². The standard InChI is InChI=1S/C28H40ClN3O5S/c1-8-24(27(34)30-28(3,4)5)31(19-21-12-9-13-22(18-21)37-6)26(33)16-11-17-32(38(7,35)36)25-15-10-14-23(29)20(25)2/h9-10,12-15,18,24H,8,11,16-17,19H2,1-7H3,(H,30,34). The molecular formula is C28H40ClN3O5S. The first kappa shape index (κ1) is 31.4. The van der Waals surface area contributed by atoms with Crippen LogP contribution in [0.1, 0.15) is 58.1 Å². The number of benzene rings is 2. The molecule has 8 nitrogen and oxygen atoms in total. The van der Waals surface area contributed by atoms with Crippen molar-refractivity contribution < 1.29 is 22.7 Å². The van der Waals surface area contributed by atoms with Crippen LogP contribution in [0.3, 0.4) is 0 Å². The molecule has 1 atom stereocenters. The predicted molar refractivity (Wildman–Crippen MR) is 153 cm³/mol. The zero-order valence-corrected chi connectivity index (χ0v) is 24.9. The number of ether oxygens (including phenoxy) is 1. The van der Waals surface area contributed by atoms with Crippen LogP contribution in [0.5, 0.6) is 5.75 Å². The lowest BCUT2D eigenvalue weighted by Gasteiger charge is -2.33. The number of amides is 2. The summed E-state index contributed by atoms with van der Waals surface area (Å²) in [5.74, 6) is 0.186. The van der Waals surface area contributed by atoms with E-state index in [1.807, 2.05) is 52.0 Å². The van der Waals surface area contributed by atoms with E-state index in [0.717, 1.165) is 11.8 Å². The molecule has 2 rings (SSSR count). The molecule has 210 valence electrons. The molecular weight excluding hydrogens is 526 g/mol. The van der Waals surface area contributed by atoms with Crippen molar-refractivity contribution in [3.63, 3.8) is 0 Å². The summed E-state index contributed by atoms with van der Waals surface area (Å²) in [6, 6.07) is 11.8. The maximum atomic E-state index is 13.6. The van der Waals surface area contributed by atoms with Gasteiger partial charge in [0.1, 0.15) is 11.8 Å². The minimum absolute atomic E-state index is 0.0644. The van der Waals surface area contributed by atoms with Gasteiger partial charge in [0.25, 0.3) is 0 Å². The van der Waals surface area contributed by atoms with Crippen molar-refractivity contribution in [2.24, 2.45) is 0 Å². The zero-order chi connectivity index (χ0) is 28.7. The molecule has 0 spiro atoms. The lowest BCUT2D eigenvalue weighted by Crippen LogP contribution is -2.53. The highest BCUT2D eigenvalue weighted by Gasteiger charge is 2.31. The van der Waals surface area contributed by atoms with Crippen LogP contribution in [0.2, 0.25) is 5.02 Å². The molecule has 1 unspecified atom stereocenters. The van der Waals surface area contributed by atoms with E-state index in [2.05, 4.69) is 5.32 Å². The largest absolute Gasteiger partial charge is 0.497 e. The summed E-state index contributed by atoms with van der Waals surface area (Å²) >= 11 is 6.23. The Bertz CT molecular complexity index is 1230. The highest BCUT2D eigenvalue weighted by molar-refractivity contribution is 7.92. The molecule has 0 saturated carbocycles. The number of hydrogen-bond acceptors (Lipinski definition) is 5. The smallest absolute Gasteiger partial charge is 0.243 e. The van der Waals surface area contributed by atoms with E-state index < -0.39 is 21.6 Å². The third-order valence-corrected chi connectivity index (χ3v) is 7.62. The molecule has 0 aliphatic heterocycles. The van der Waals surface area contributed by atoms with Gasteiger partial charge in [-0.3, -0.25) is 13.9 Å². The van der Waals surface area contributed by atoms with Crippen LogP contribution < -0.4 is 14.4 Å². The fraction of sp³-hybridized carbons (Fsp3) is 0.500. The minimum Gasteiger partial charge on any atom is -0.497 e. The number of halogens is 1. The maximum absolute atomic E-state index is 13.6. The Morgan fingerprint density at radius 2 is 1.79 bits per heavy atom. The summed E-state index contributed by atoms with van der Waals surface area (Å²) in [4.78, 5) is 28.3. The topological polar surface area (TPSA) is 96.0 Å². The van der Waals surface area contributed by atoms with Gasteiger partial charge in [-0.25, -0.2) is 8.42 Å². The van der Waals surface area contributed by atoms with Gasteiger partial charge in [0.15, 0.2) is 0 Å². The van der Waals surface area contributed by atoms with Crippen LogP contribution in [-0.2, 0) is 26.2 Å². The van der Waals surface area contributed by atoms with Crippen LogP contribution in [0, 0.1) is 6.92 Å². The molecule has 0 aliphatic carbocycles. The average molecular weight is 566 g/mol. The van der Waals surface area contributed by atoms with Gasteiger partial charge in [0.05, 0.1) is 19.1 Å². The van der Waals surface area contributed by atoms with E-state index >= 15 is 0 Å². The molecule has 0 fully saturated rings. The molecule has 0 saturated heterocycles. The van der Waals surface area contributed by atoms with Crippen molar-refractivity contribution in [3.8, 4) is 5.75 Å². The summed E-state index contributed by atoms with van der Waals surface area (Å²) in [5.41, 5.74) is 1.50. The van der Waals surface area contributed by atoms with Gasteiger partial charge in [-0.1, -0.05) is 36.7 Å². The first-order valence-electron chi connectivity index (χ1n) is 12.6. The van der Waals surface area contributed by atoms with E-state index in [9.17, 15) is 18.0 Å². The van der Waals surface area contributed by atoms with Crippen LogP contribution in [0.4, 0.5) is 5.69 Å². The fourth-order valence-corrected chi connectivity index (χ4v) is 5.37. The van der Waals surface area contributed by atoms with Crippen molar-refractivity contribution >= 4 is 39.1 Å². The van der Waals surface area contributed by atoms with Crippen molar-refractivity contribution in [1.82, 2.24) is 10.2 Å². The first-order valence-corrected chi connectivity index (χ1v) is 14.9. The van der Waals surface area contributed by atoms with Gasteiger partial charge in [0.2, 0.25) is 21.8 Å². The SMILES string of the molecule is CCC(C(=O)NC(C)(C)C)N(Cc1cccc(OC)c1)C(=O)CCCN(c1cccc(Cl)c1C)S(C)(=O)=O. The minimum atomic E-state index is -3.61. The number of anilines is 1.